The highest BCUT2D eigenvalue weighted by Crippen LogP contribution is 2.36. The molecule has 0 aliphatic rings. The van der Waals surface area contributed by atoms with Crippen molar-refractivity contribution in [3.8, 4) is 28.0 Å². The van der Waals surface area contributed by atoms with Gasteiger partial charge in [0, 0.05) is 11.1 Å². The Bertz CT molecular complexity index is 1360. The molecule has 0 spiro atoms. The first-order valence-corrected chi connectivity index (χ1v) is 9.94. The van der Waals surface area contributed by atoms with E-state index in [0.717, 1.165) is 42.5 Å². The smallest absolute Gasteiger partial charge is 0.429 e. The molecule has 0 aliphatic carbocycles. The van der Waals surface area contributed by atoms with Gasteiger partial charge in [-0.1, -0.05) is 36.4 Å². The second-order valence-electron chi connectivity index (χ2n) is 7.54. The molecule has 0 aliphatic heterocycles. The lowest BCUT2D eigenvalue weighted by Crippen LogP contribution is -2.23. The van der Waals surface area contributed by atoms with E-state index in [0.29, 0.717) is 5.56 Å². The third kappa shape index (κ3) is 4.48. The zero-order valence-electron chi connectivity index (χ0n) is 17.5. The molecule has 0 unspecified atom stereocenters. The van der Waals surface area contributed by atoms with Crippen molar-refractivity contribution in [1.82, 2.24) is 0 Å². The van der Waals surface area contributed by atoms with Gasteiger partial charge in [0.15, 0.2) is 23.3 Å². The van der Waals surface area contributed by atoms with E-state index in [9.17, 15) is 30.7 Å². The van der Waals surface area contributed by atoms with Crippen LogP contribution in [0.3, 0.4) is 0 Å². The van der Waals surface area contributed by atoms with Crippen LogP contribution in [0.15, 0.2) is 72.8 Å². The Kier molecular flexibility index (Phi) is 6.08. The number of hydrogen-bond acceptors (Lipinski definition) is 1. The van der Waals surface area contributed by atoms with Gasteiger partial charge in [0.1, 0.15) is 11.6 Å². The number of halogens is 7. The first kappa shape index (κ1) is 23.4. The summed E-state index contributed by atoms with van der Waals surface area (Å²) < 4.78 is 103. The van der Waals surface area contributed by atoms with Crippen molar-refractivity contribution in [2.24, 2.45) is 0 Å². The zero-order valence-corrected chi connectivity index (χ0v) is 17.5. The number of alkyl halides is 2. The molecule has 0 radical (unpaired) electrons. The molecule has 0 N–H and O–H groups in total. The summed E-state index contributed by atoms with van der Waals surface area (Å²) in [4.78, 5) is 0. The second-order valence-corrected chi connectivity index (χ2v) is 7.54. The first-order valence-electron chi connectivity index (χ1n) is 9.94. The summed E-state index contributed by atoms with van der Waals surface area (Å²) in [6.45, 7) is 1.55. The lowest BCUT2D eigenvalue weighted by atomic mass is 9.98. The van der Waals surface area contributed by atoms with Crippen molar-refractivity contribution >= 4 is 0 Å². The maximum Gasteiger partial charge on any atom is 0.429 e. The van der Waals surface area contributed by atoms with E-state index in [1.54, 1.807) is 6.92 Å². The highest BCUT2D eigenvalue weighted by Gasteiger charge is 2.37. The van der Waals surface area contributed by atoms with Crippen LogP contribution in [0.4, 0.5) is 30.7 Å². The molecule has 0 bridgehead atoms. The Morgan fingerprint density at radius 2 is 1.18 bits per heavy atom. The molecule has 4 aromatic carbocycles. The summed E-state index contributed by atoms with van der Waals surface area (Å²) in [7, 11) is 0. The first-order chi connectivity index (χ1) is 16.1. The van der Waals surface area contributed by atoms with Gasteiger partial charge in [-0.3, -0.25) is 0 Å². The average molecular weight is 476 g/mol. The van der Waals surface area contributed by atoms with Crippen molar-refractivity contribution < 1.29 is 35.5 Å². The molecule has 8 heteroatoms. The largest absolute Gasteiger partial charge is 0.429 e. The predicted molar refractivity (Wildman–Crippen MR) is 113 cm³/mol. The fraction of sp³-hybridized carbons (Fsp3) is 0.0769. The Hall–Kier alpha value is -3.81. The van der Waals surface area contributed by atoms with Crippen LogP contribution in [0.25, 0.3) is 22.3 Å². The normalized spacial score (nSPS) is 11.5. The topological polar surface area (TPSA) is 9.23 Å². The molecule has 0 saturated carbocycles. The SMILES string of the molecule is Cc1ccc(C(F)(F)Oc2ccc(-c3ccc(-c4ccc(F)c(F)c4)c(F)c3F)cc2)c(F)c1. The molecule has 0 atom stereocenters. The van der Waals surface area contributed by atoms with Crippen LogP contribution in [0.2, 0.25) is 0 Å². The van der Waals surface area contributed by atoms with E-state index in [1.807, 2.05) is 0 Å². The maximum absolute atomic E-state index is 14.7. The summed E-state index contributed by atoms with van der Waals surface area (Å²) >= 11 is 0. The molecule has 0 aromatic heterocycles. The monoisotopic (exact) mass is 476 g/mol. The Morgan fingerprint density at radius 1 is 0.588 bits per heavy atom. The number of rotatable bonds is 5. The number of benzene rings is 4. The van der Waals surface area contributed by atoms with Crippen molar-refractivity contribution in [3.63, 3.8) is 0 Å². The number of hydrogen-bond donors (Lipinski definition) is 0. The maximum atomic E-state index is 14.7. The van der Waals surface area contributed by atoms with Crippen LogP contribution in [0.1, 0.15) is 11.1 Å². The lowest BCUT2D eigenvalue weighted by molar-refractivity contribution is -0.187. The van der Waals surface area contributed by atoms with E-state index in [4.69, 9.17) is 0 Å². The lowest BCUT2D eigenvalue weighted by Gasteiger charge is -2.19. The van der Waals surface area contributed by atoms with E-state index >= 15 is 0 Å². The molecule has 0 amide bonds. The molecule has 0 saturated heterocycles. The van der Waals surface area contributed by atoms with Gasteiger partial charge < -0.3 is 4.74 Å². The number of ether oxygens (including phenoxy) is 1. The number of aryl methyl sites for hydroxylation is 1. The average Bonchev–Trinajstić information content (AvgIpc) is 2.78. The Balaban J connectivity index is 1.60. The van der Waals surface area contributed by atoms with E-state index < -0.39 is 40.8 Å². The van der Waals surface area contributed by atoms with E-state index in [2.05, 4.69) is 4.74 Å². The van der Waals surface area contributed by atoms with Crippen molar-refractivity contribution in [1.29, 1.82) is 0 Å². The molecule has 174 valence electrons. The molecular weight excluding hydrogens is 461 g/mol. The molecule has 0 heterocycles. The summed E-state index contributed by atoms with van der Waals surface area (Å²) in [6.07, 6.45) is -3.97. The molecule has 0 fully saturated rings. The van der Waals surface area contributed by atoms with Gasteiger partial charge in [0.2, 0.25) is 0 Å². The van der Waals surface area contributed by atoms with Gasteiger partial charge >= 0.3 is 6.11 Å². The fourth-order valence-electron chi connectivity index (χ4n) is 3.42. The Labute approximate surface area is 190 Å². The molecular formula is C26H15F7O. The summed E-state index contributed by atoms with van der Waals surface area (Å²) in [5.41, 5.74) is -0.859. The van der Waals surface area contributed by atoms with Crippen LogP contribution in [0.5, 0.6) is 5.75 Å². The van der Waals surface area contributed by atoms with Crippen LogP contribution in [-0.2, 0) is 6.11 Å². The third-order valence-electron chi connectivity index (χ3n) is 5.16. The second kappa shape index (κ2) is 8.85. The quantitative estimate of drug-likeness (QED) is 0.264. The van der Waals surface area contributed by atoms with Gasteiger partial charge in [-0.25, -0.2) is 22.0 Å². The molecule has 1 nitrogen and oxygen atoms in total. The van der Waals surface area contributed by atoms with Gasteiger partial charge in [-0.05, 0) is 60.0 Å². The van der Waals surface area contributed by atoms with Crippen LogP contribution >= 0.6 is 0 Å². The van der Waals surface area contributed by atoms with Crippen LogP contribution < -0.4 is 4.74 Å². The molecule has 4 rings (SSSR count). The highest BCUT2D eigenvalue weighted by atomic mass is 19.3. The van der Waals surface area contributed by atoms with Crippen molar-refractivity contribution in [2.75, 3.05) is 0 Å². The van der Waals surface area contributed by atoms with Gasteiger partial charge in [0.05, 0.1) is 5.56 Å². The van der Waals surface area contributed by atoms with Gasteiger partial charge in [-0.2, -0.15) is 8.78 Å². The zero-order chi connectivity index (χ0) is 24.6. The minimum absolute atomic E-state index is 0.0591. The van der Waals surface area contributed by atoms with Crippen molar-refractivity contribution in [2.45, 2.75) is 13.0 Å². The van der Waals surface area contributed by atoms with Crippen molar-refractivity contribution in [3.05, 3.63) is 113 Å². The van der Waals surface area contributed by atoms with E-state index in [-0.39, 0.29) is 28.0 Å². The Morgan fingerprint density at radius 3 is 1.76 bits per heavy atom. The van der Waals surface area contributed by atoms with Crippen LogP contribution in [0, 0.1) is 36.0 Å². The highest BCUT2D eigenvalue weighted by molar-refractivity contribution is 5.72. The standard InChI is InChI=1S/C26H15F7O/c1-14-2-10-20(22(28)12-14)26(32,33)34-17-6-3-15(4-7-17)18-8-9-19(25(31)24(18)30)16-5-11-21(27)23(29)13-16/h2-13H,1H3. The molecule has 4 aromatic rings. The minimum atomic E-state index is -3.97. The molecule has 34 heavy (non-hydrogen) atoms. The summed E-state index contributed by atoms with van der Waals surface area (Å²) in [5, 5.41) is 0. The van der Waals surface area contributed by atoms with Gasteiger partial charge in [0.25, 0.3) is 0 Å². The van der Waals surface area contributed by atoms with Crippen LogP contribution in [-0.4, -0.2) is 0 Å². The van der Waals surface area contributed by atoms with Gasteiger partial charge in [-0.15, -0.1) is 0 Å². The fourth-order valence-corrected chi connectivity index (χ4v) is 3.42. The third-order valence-corrected chi connectivity index (χ3v) is 5.16. The van der Waals surface area contributed by atoms with E-state index in [1.165, 1.54) is 30.3 Å². The summed E-state index contributed by atoms with van der Waals surface area (Å²) in [6, 6.07) is 12.9. The predicted octanol–water partition coefficient (Wildman–Crippen LogP) is 8.15. The minimum Gasteiger partial charge on any atom is -0.429 e. The summed E-state index contributed by atoms with van der Waals surface area (Å²) in [5.74, 6) is -6.33.